The minimum atomic E-state index is -4.56. The van der Waals surface area contributed by atoms with Gasteiger partial charge in [-0.15, -0.1) is 0 Å². The van der Waals surface area contributed by atoms with E-state index in [0.29, 0.717) is 24.7 Å². The summed E-state index contributed by atoms with van der Waals surface area (Å²) in [6.07, 6.45) is 8.47. The summed E-state index contributed by atoms with van der Waals surface area (Å²) < 4.78 is 57.1. The normalized spacial score (nSPS) is 38.4. The molecule has 1 saturated heterocycles. The Balaban J connectivity index is 1.39. The first kappa shape index (κ1) is 22.1. The maximum atomic E-state index is 13.8. The Labute approximate surface area is 167 Å². The predicted molar refractivity (Wildman–Crippen MR) is 104 cm³/mol. The van der Waals surface area contributed by atoms with Gasteiger partial charge >= 0.3 is 6.18 Å². The Morgan fingerprint density at radius 2 is 1.46 bits per heavy atom. The van der Waals surface area contributed by atoms with E-state index < -0.39 is 17.9 Å². The lowest BCUT2D eigenvalue weighted by Crippen LogP contribution is -2.37. The molecule has 0 N–H and O–H groups in total. The Morgan fingerprint density at radius 3 is 2.00 bits per heavy atom. The number of allylic oxidation sites excluding steroid dienone is 2. The molecule has 28 heavy (non-hydrogen) atoms. The molecule has 2 unspecified atom stereocenters. The number of alkyl halides is 3. The minimum absolute atomic E-state index is 0.158. The fraction of sp³-hybridized carbons (Fsp3) is 0.913. The molecular weight excluding hydrogens is 368 g/mol. The molecule has 3 rings (SSSR count). The first-order chi connectivity index (χ1) is 13.4. The molecule has 0 amide bonds. The minimum Gasteiger partial charge on any atom is -0.378 e. The summed E-state index contributed by atoms with van der Waals surface area (Å²) in [5, 5.41) is 0. The van der Waals surface area contributed by atoms with E-state index in [9.17, 15) is 17.6 Å². The highest BCUT2D eigenvalue weighted by Gasteiger charge is 2.36. The van der Waals surface area contributed by atoms with Crippen LogP contribution in [0.1, 0.15) is 84.0 Å². The Kier molecular flexibility index (Phi) is 7.86. The third-order valence-electron chi connectivity index (χ3n) is 7.59. The molecule has 0 aromatic carbocycles. The summed E-state index contributed by atoms with van der Waals surface area (Å²) in [5.41, 5.74) is 0. The molecule has 0 aromatic heterocycles. The largest absolute Gasteiger partial charge is 0.412 e. The van der Waals surface area contributed by atoms with Crippen LogP contribution in [-0.4, -0.2) is 18.9 Å². The molecule has 5 heteroatoms. The molecule has 0 aromatic rings. The smallest absolute Gasteiger partial charge is 0.378 e. The number of rotatable bonds is 5. The first-order valence-corrected chi connectivity index (χ1v) is 11.4. The maximum absolute atomic E-state index is 13.8. The molecule has 1 heterocycles. The van der Waals surface area contributed by atoms with Gasteiger partial charge in [0.15, 0.2) is 0 Å². The van der Waals surface area contributed by atoms with E-state index in [1.54, 1.807) is 0 Å². The van der Waals surface area contributed by atoms with E-state index in [1.807, 2.05) is 0 Å². The molecule has 2 atom stereocenters. The van der Waals surface area contributed by atoms with Crippen LogP contribution in [0, 0.1) is 29.6 Å². The molecule has 2 aliphatic carbocycles. The van der Waals surface area contributed by atoms with E-state index in [4.69, 9.17) is 4.74 Å². The molecule has 0 radical (unpaired) electrons. The number of ether oxygens (including phenoxy) is 1. The zero-order valence-corrected chi connectivity index (χ0v) is 17.2. The average Bonchev–Trinajstić information content (AvgIpc) is 2.68. The fourth-order valence-electron chi connectivity index (χ4n) is 5.93. The zero-order valence-electron chi connectivity index (χ0n) is 17.2. The van der Waals surface area contributed by atoms with Crippen LogP contribution in [0.4, 0.5) is 17.6 Å². The summed E-state index contributed by atoms with van der Waals surface area (Å²) in [5.74, 6) is 1.26. The van der Waals surface area contributed by atoms with Gasteiger partial charge in [0, 0.05) is 5.92 Å². The highest BCUT2D eigenvalue weighted by molar-refractivity contribution is 5.03. The van der Waals surface area contributed by atoms with Gasteiger partial charge in [-0.25, -0.2) is 4.39 Å². The highest BCUT2D eigenvalue weighted by atomic mass is 19.4. The van der Waals surface area contributed by atoms with Crippen LogP contribution in [0.25, 0.3) is 0 Å². The van der Waals surface area contributed by atoms with Gasteiger partial charge in [-0.2, -0.15) is 13.2 Å². The lowest BCUT2D eigenvalue weighted by Gasteiger charge is -2.41. The molecule has 0 spiro atoms. The second-order valence-corrected chi connectivity index (χ2v) is 9.46. The van der Waals surface area contributed by atoms with Gasteiger partial charge in [0.1, 0.15) is 5.83 Å². The second-order valence-electron chi connectivity index (χ2n) is 9.46. The first-order valence-electron chi connectivity index (χ1n) is 11.4. The van der Waals surface area contributed by atoms with Crippen LogP contribution in [0.3, 0.4) is 0 Å². The maximum Gasteiger partial charge on any atom is 0.412 e. The molecule has 162 valence electrons. The summed E-state index contributed by atoms with van der Waals surface area (Å²) in [4.78, 5) is 0. The van der Waals surface area contributed by atoms with Crippen LogP contribution in [0.5, 0.6) is 0 Å². The van der Waals surface area contributed by atoms with E-state index in [2.05, 4.69) is 6.92 Å². The van der Waals surface area contributed by atoms with Crippen molar-refractivity contribution in [1.29, 1.82) is 0 Å². The van der Waals surface area contributed by atoms with E-state index in [1.165, 1.54) is 44.9 Å². The lowest BCUT2D eigenvalue weighted by atomic mass is 9.71. The number of hydrogen-bond donors (Lipinski definition) is 0. The van der Waals surface area contributed by atoms with Gasteiger partial charge in [0.2, 0.25) is 0 Å². The third kappa shape index (κ3) is 6.21. The van der Waals surface area contributed by atoms with Crippen molar-refractivity contribution >= 4 is 0 Å². The molecule has 2 saturated carbocycles. The van der Waals surface area contributed by atoms with Crippen molar-refractivity contribution in [2.24, 2.45) is 29.6 Å². The average molecular weight is 405 g/mol. The predicted octanol–water partition coefficient (Wildman–Crippen LogP) is 7.61. The van der Waals surface area contributed by atoms with Crippen LogP contribution in [-0.2, 0) is 4.74 Å². The van der Waals surface area contributed by atoms with E-state index in [-0.39, 0.29) is 12.2 Å². The summed E-state index contributed by atoms with van der Waals surface area (Å²) in [6.45, 7) is 3.12. The number of hydrogen-bond acceptors (Lipinski definition) is 1. The van der Waals surface area contributed by atoms with Crippen molar-refractivity contribution in [2.75, 3.05) is 6.61 Å². The zero-order chi connectivity index (χ0) is 20.1. The molecule has 0 bridgehead atoms. The Morgan fingerprint density at radius 1 is 0.857 bits per heavy atom. The van der Waals surface area contributed by atoms with Gasteiger partial charge in [-0.05, 0) is 75.0 Å². The molecule has 1 aliphatic heterocycles. The van der Waals surface area contributed by atoms with Crippen LogP contribution >= 0.6 is 0 Å². The van der Waals surface area contributed by atoms with Crippen molar-refractivity contribution in [2.45, 2.75) is 96.3 Å². The van der Waals surface area contributed by atoms with Crippen molar-refractivity contribution < 1.29 is 22.3 Å². The van der Waals surface area contributed by atoms with Gasteiger partial charge in [0.05, 0.1) is 18.8 Å². The summed E-state index contributed by atoms with van der Waals surface area (Å²) in [6, 6.07) is 0. The van der Waals surface area contributed by atoms with Gasteiger partial charge in [-0.3, -0.25) is 0 Å². The quantitative estimate of drug-likeness (QED) is 0.428. The van der Waals surface area contributed by atoms with E-state index in [0.717, 1.165) is 37.7 Å². The van der Waals surface area contributed by atoms with Crippen molar-refractivity contribution in [3.8, 4) is 0 Å². The Bertz CT molecular complexity index is 491. The van der Waals surface area contributed by atoms with Gasteiger partial charge in [-0.1, -0.05) is 32.6 Å². The van der Waals surface area contributed by atoms with Crippen LogP contribution < -0.4 is 0 Å². The van der Waals surface area contributed by atoms with Crippen molar-refractivity contribution in [3.63, 3.8) is 0 Å². The standard InChI is InChI=1S/C23H36F4O/c1-2-3-16-4-6-17(7-5-16)20-12-13-22(28-15-20)19-10-8-18(9-11-19)21(24)14-23(25,26)27/h14,16-20,22H,2-13,15H2,1H3/b21-14-. The van der Waals surface area contributed by atoms with Crippen molar-refractivity contribution in [3.05, 3.63) is 11.9 Å². The topological polar surface area (TPSA) is 9.23 Å². The summed E-state index contributed by atoms with van der Waals surface area (Å²) >= 11 is 0. The van der Waals surface area contributed by atoms with E-state index >= 15 is 0 Å². The second kappa shape index (κ2) is 9.95. The van der Waals surface area contributed by atoms with Gasteiger partial charge in [0.25, 0.3) is 0 Å². The highest BCUT2D eigenvalue weighted by Crippen LogP contribution is 2.43. The van der Waals surface area contributed by atoms with Crippen molar-refractivity contribution in [1.82, 2.24) is 0 Å². The van der Waals surface area contributed by atoms with Crippen LogP contribution in [0.15, 0.2) is 11.9 Å². The Hall–Kier alpha value is -0.580. The van der Waals surface area contributed by atoms with Crippen LogP contribution in [0.2, 0.25) is 0 Å². The summed E-state index contributed by atoms with van der Waals surface area (Å²) in [7, 11) is 0. The SMILES string of the molecule is CCCC1CCC(C2CCC(C3CCC(/C(F)=C/C(F)(F)F)CC3)OC2)CC1. The van der Waals surface area contributed by atoms with Gasteiger partial charge < -0.3 is 4.74 Å². The molecule has 3 aliphatic rings. The molecule has 1 nitrogen and oxygen atoms in total. The third-order valence-corrected chi connectivity index (χ3v) is 7.59. The number of halogens is 4. The molecular formula is C23H36F4O. The monoisotopic (exact) mass is 404 g/mol. The molecule has 3 fully saturated rings. The lowest BCUT2D eigenvalue weighted by molar-refractivity contribution is -0.0832. The fourth-order valence-corrected chi connectivity index (χ4v) is 5.93.